The predicted octanol–water partition coefficient (Wildman–Crippen LogP) is 4.99. The van der Waals surface area contributed by atoms with Gasteiger partial charge >= 0.3 is 0 Å². The van der Waals surface area contributed by atoms with Crippen LogP contribution in [-0.2, 0) is 0 Å². The third kappa shape index (κ3) is 6.12. The van der Waals surface area contributed by atoms with E-state index in [1.54, 1.807) is 18.2 Å². The summed E-state index contributed by atoms with van der Waals surface area (Å²) in [6.07, 6.45) is 3.05. The molecule has 1 aliphatic carbocycles. The van der Waals surface area contributed by atoms with Gasteiger partial charge in [0, 0.05) is 23.7 Å². The summed E-state index contributed by atoms with van der Waals surface area (Å²) in [5, 5.41) is 9.23. The van der Waals surface area contributed by atoms with Gasteiger partial charge < -0.3 is 16.0 Å². The summed E-state index contributed by atoms with van der Waals surface area (Å²) in [5.41, 5.74) is 3.61. The van der Waals surface area contributed by atoms with Gasteiger partial charge in [0.15, 0.2) is 0 Å². The Bertz CT molecular complexity index is 813. The zero-order valence-electron chi connectivity index (χ0n) is 17.3. The molecule has 0 bridgehead atoms. The topological polar surface area (TPSA) is 70.2 Å². The second-order valence-corrected chi connectivity index (χ2v) is 6.76. The molecule has 2 aromatic rings. The Morgan fingerprint density at radius 3 is 2.32 bits per heavy atom. The second kappa shape index (κ2) is 10.5. The summed E-state index contributed by atoms with van der Waals surface area (Å²) in [6, 6.07) is 13.1. The number of hydrogen-bond acceptors (Lipinski definition) is 3. The molecule has 0 atom stereocenters. The van der Waals surface area contributed by atoms with Gasteiger partial charge in [0.2, 0.25) is 0 Å². The quantitative estimate of drug-likeness (QED) is 0.633. The molecule has 0 aromatic heterocycles. The van der Waals surface area contributed by atoms with Gasteiger partial charge in [-0.1, -0.05) is 38.5 Å². The van der Waals surface area contributed by atoms with Crippen molar-refractivity contribution in [3.63, 3.8) is 0 Å². The molecule has 0 heterocycles. The van der Waals surface area contributed by atoms with Crippen LogP contribution in [0.1, 0.15) is 66.3 Å². The van der Waals surface area contributed by atoms with Crippen LogP contribution in [0, 0.1) is 6.92 Å². The minimum Gasteiger partial charge on any atom is -0.383 e. The van der Waals surface area contributed by atoms with E-state index >= 15 is 0 Å². The van der Waals surface area contributed by atoms with Crippen molar-refractivity contribution in [1.82, 2.24) is 5.32 Å². The highest BCUT2D eigenvalue weighted by atomic mass is 16.2. The van der Waals surface area contributed by atoms with Gasteiger partial charge in [-0.2, -0.15) is 0 Å². The van der Waals surface area contributed by atoms with E-state index in [9.17, 15) is 9.59 Å². The van der Waals surface area contributed by atoms with Gasteiger partial charge in [-0.3, -0.25) is 9.59 Å². The number of carbonyl (C=O) groups excluding carboxylic acids is 2. The molecule has 0 unspecified atom stereocenters. The van der Waals surface area contributed by atoms with Crippen molar-refractivity contribution in [3.05, 3.63) is 59.2 Å². The first kappa shape index (κ1) is 21.5. The molecular weight excluding hydrogens is 350 g/mol. The van der Waals surface area contributed by atoms with Crippen molar-refractivity contribution >= 4 is 23.2 Å². The molecule has 0 spiro atoms. The van der Waals surface area contributed by atoms with Gasteiger partial charge in [0.05, 0.1) is 11.4 Å². The first-order valence-corrected chi connectivity index (χ1v) is 10.1. The molecule has 0 aliphatic heterocycles. The van der Waals surface area contributed by atoms with Gasteiger partial charge in [-0.05, 0) is 56.5 Å². The molecule has 3 N–H and O–H groups in total. The number of nitrogens with one attached hydrogen (secondary N) is 3. The summed E-state index contributed by atoms with van der Waals surface area (Å²) in [6.45, 7) is 8.82. The van der Waals surface area contributed by atoms with Gasteiger partial charge in [0.1, 0.15) is 0 Å². The lowest BCUT2D eigenvalue weighted by Crippen LogP contribution is -2.25. The van der Waals surface area contributed by atoms with E-state index in [4.69, 9.17) is 0 Å². The lowest BCUT2D eigenvalue weighted by molar-refractivity contribution is 0.0949. The van der Waals surface area contributed by atoms with E-state index in [0.717, 1.165) is 37.1 Å². The van der Waals surface area contributed by atoms with Crippen molar-refractivity contribution in [2.75, 3.05) is 17.2 Å². The minimum absolute atomic E-state index is 0.0967. The van der Waals surface area contributed by atoms with Crippen LogP contribution in [-0.4, -0.2) is 24.4 Å². The Labute approximate surface area is 167 Å². The average Bonchev–Trinajstić information content (AvgIpc) is 3.52. The zero-order valence-corrected chi connectivity index (χ0v) is 17.3. The van der Waals surface area contributed by atoms with Crippen LogP contribution < -0.4 is 16.0 Å². The van der Waals surface area contributed by atoms with Gasteiger partial charge in [0.25, 0.3) is 11.8 Å². The summed E-state index contributed by atoms with van der Waals surface area (Å²) in [5.74, 6) is -0.284. The normalized spacial score (nSPS) is 12.4. The molecule has 1 saturated carbocycles. The molecule has 1 fully saturated rings. The number of benzene rings is 2. The molecule has 5 heteroatoms. The lowest BCUT2D eigenvalue weighted by Gasteiger charge is -2.15. The molecule has 1 aliphatic rings. The first-order valence-electron chi connectivity index (χ1n) is 10.1. The largest absolute Gasteiger partial charge is 0.383 e. The molecule has 0 radical (unpaired) electrons. The van der Waals surface area contributed by atoms with Crippen LogP contribution in [0.15, 0.2) is 42.5 Å². The Morgan fingerprint density at radius 1 is 0.964 bits per heavy atom. The highest BCUT2D eigenvalue weighted by Crippen LogP contribution is 2.25. The maximum atomic E-state index is 12.6. The molecule has 28 heavy (non-hydrogen) atoms. The van der Waals surface area contributed by atoms with Crippen molar-refractivity contribution in [1.29, 1.82) is 0 Å². The summed E-state index contributed by atoms with van der Waals surface area (Å²) in [4.78, 5) is 25.0. The number of amides is 2. The predicted molar refractivity (Wildman–Crippen MR) is 116 cm³/mol. The van der Waals surface area contributed by atoms with Crippen LogP contribution in [0.4, 0.5) is 11.4 Å². The summed E-state index contributed by atoms with van der Waals surface area (Å²) in [7, 11) is 0. The van der Waals surface area contributed by atoms with Crippen LogP contribution >= 0.6 is 0 Å². The second-order valence-electron chi connectivity index (χ2n) is 6.76. The Kier molecular flexibility index (Phi) is 8.05. The van der Waals surface area contributed by atoms with Crippen LogP contribution in [0.5, 0.6) is 0 Å². The van der Waals surface area contributed by atoms with E-state index in [0.29, 0.717) is 22.9 Å². The fourth-order valence-corrected chi connectivity index (χ4v) is 2.68. The first-order chi connectivity index (χ1) is 13.6. The monoisotopic (exact) mass is 381 g/mol. The van der Waals surface area contributed by atoms with E-state index < -0.39 is 0 Å². The smallest absolute Gasteiger partial charge is 0.255 e. The zero-order chi connectivity index (χ0) is 20.5. The number of hydrogen-bond donors (Lipinski definition) is 3. The van der Waals surface area contributed by atoms with Crippen LogP contribution in [0.25, 0.3) is 0 Å². The molecule has 2 amide bonds. The standard InChI is InChI=1S/C21H25N3O2.C2H6/c1-3-11-22-18-10-7-16(20(25)23-17-8-9-17)13-19(18)24-21(26)15-6-4-5-14(2)12-15;1-2/h4-7,10,12-13,17,22H,3,8-9,11H2,1-2H3,(H,23,25)(H,24,26);1-2H3. The number of anilines is 2. The van der Waals surface area contributed by atoms with E-state index in [-0.39, 0.29) is 11.8 Å². The number of carbonyl (C=O) groups is 2. The Morgan fingerprint density at radius 2 is 1.68 bits per heavy atom. The van der Waals surface area contributed by atoms with Crippen LogP contribution in [0.3, 0.4) is 0 Å². The molecule has 3 rings (SSSR count). The molecule has 150 valence electrons. The average molecular weight is 382 g/mol. The maximum absolute atomic E-state index is 12.6. The SMILES string of the molecule is CC.CCCNc1ccc(C(=O)NC2CC2)cc1NC(=O)c1cccc(C)c1. The Hall–Kier alpha value is -2.82. The van der Waals surface area contributed by atoms with Gasteiger partial charge in [-0.25, -0.2) is 0 Å². The van der Waals surface area contributed by atoms with Crippen molar-refractivity contribution in [2.24, 2.45) is 0 Å². The fraction of sp³-hybridized carbons (Fsp3) is 0.391. The third-order valence-electron chi connectivity index (χ3n) is 4.29. The van der Waals surface area contributed by atoms with Gasteiger partial charge in [-0.15, -0.1) is 0 Å². The lowest BCUT2D eigenvalue weighted by atomic mass is 10.1. The molecule has 2 aromatic carbocycles. The van der Waals surface area contributed by atoms with E-state index in [1.165, 1.54) is 0 Å². The number of aryl methyl sites for hydroxylation is 1. The van der Waals surface area contributed by atoms with Crippen molar-refractivity contribution in [3.8, 4) is 0 Å². The maximum Gasteiger partial charge on any atom is 0.255 e. The summed E-state index contributed by atoms with van der Waals surface area (Å²) < 4.78 is 0. The Balaban J connectivity index is 0.00000136. The van der Waals surface area contributed by atoms with E-state index in [2.05, 4.69) is 22.9 Å². The third-order valence-corrected chi connectivity index (χ3v) is 4.29. The minimum atomic E-state index is -0.187. The van der Waals surface area contributed by atoms with Crippen molar-refractivity contribution in [2.45, 2.75) is 53.0 Å². The van der Waals surface area contributed by atoms with E-state index in [1.807, 2.05) is 45.0 Å². The van der Waals surface area contributed by atoms with Crippen LogP contribution in [0.2, 0.25) is 0 Å². The highest BCUT2D eigenvalue weighted by Gasteiger charge is 2.24. The fourth-order valence-electron chi connectivity index (χ4n) is 2.68. The molecular formula is C23H31N3O2. The molecule has 5 nitrogen and oxygen atoms in total. The summed E-state index contributed by atoms with van der Waals surface area (Å²) >= 11 is 0. The van der Waals surface area contributed by atoms with Crippen molar-refractivity contribution < 1.29 is 9.59 Å². The number of rotatable bonds is 7. The molecule has 0 saturated heterocycles. The highest BCUT2D eigenvalue weighted by molar-refractivity contribution is 6.07.